The first kappa shape index (κ1) is 15.0. The highest BCUT2D eigenvalue weighted by Gasteiger charge is 2.21. The Morgan fingerprint density at radius 3 is 3.14 bits per heavy atom. The zero-order chi connectivity index (χ0) is 15.5. The number of aryl methyl sites for hydroxylation is 2. The number of hydrogen-bond donors (Lipinski definition) is 1. The van der Waals surface area contributed by atoms with Gasteiger partial charge in [0, 0.05) is 4.88 Å². The maximum atomic E-state index is 12.2. The molecule has 0 spiro atoms. The molecule has 0 unspecified atom stereocenters. The van der Waals surface area contributed by atoms with Crippen LogP contribution in [0.5, 0.6) is 0 Å². The number of carbonyl (C=O) groups excluding carboxylic acids is 1. The maximum absolute atomic E-state index is 12.2. The van der Waals surface area contributed by atoms with Gasteiger partial charge in [-0.2, -0.15) is 5.10 Å². The van der Waals surface area contributed by atoms with Crippen LogP contribution in [0.25, 0.3) is 0 Å². The minimum atomic E-state index is -0.146. The molecular weight excluding hydrogens is 296 g/mol. The Hall–Kier alpha value is -1.88. The Balaban J connectivity index is 1.63. The van der Waals surface area contributed by atoms with Gasteiger partial charge in [-0.15, -0.1) is 11.3 Å². The van der Waals surface area contributed by atoms with Gasteiger partial charge in [0.25, 0.3) is 5.91 Å². The summed E-state index contributed by atoms with van der Waals surface area (Å²) in [6.45, 7) is 4.11. The van der Waals surface area contributed by atoms with Gasteiger partial charge in [0.2, 0.25) is 0 Å². The second kappa shape index (κ2) is 6.48. The lowest BCUT2D eigenvalue weighted by molar-refractivity contribution is 0.0959. The van der Waals surface area contributed by atoms with Crippen LogP contribution >= 0.6 is 11.3 Å². The Kier molecular flexibility index (Phi) is 4.43. The number of fused-ring (bicyclic) bond motifs is 1. The monoisotopic (exact) mass is 316 g/mol. The van der Waals surface area contributed by atoms with Gasteiger partial charge in [-0.05, 0) is 55.9 Å². The molecule has 0 aliphatic heterocycles. The number of thiophene rings is 1. The summed E-state index contributed by atoms with van der Waals surface area (Å²) in [5.74, 6) is 2.07. The normalized spacial score (nSPS) is 17.6. The number of nitrogens with one attached hydrogen (secondary N) is 1. The van der Waals surface area contributed by atoms with Crippen LogP contribution in [0.3, 0.4) is 0 Å². The highest BCUT2D eigenvalue weighted by Crippen LogP contribution is 2.33. The van der Waals surface area contributed by atoms with Gasteiger partial charge < -0.3 is 4.42 Å². The molecule has 1 aliphatic rings. The Morgan fingerprint density at radius 1 is 1.55 bits per heavy atom. The first-order valence-corrected chi connectivity index (χ1v) is 8.48. The van der Waals surface area contributed by atoms with E-state index in [1.165, 1.54) is 29.5 Å². The van der Waals surface area contributed by atoms with E-state index in [9.17, 15) is 4.79 Å². The highest BCUT2D eigenvalue weighted by molar-refractivity contribution is 7.14. The predicted molar refractivity (Wildman–Crippen MR) is 88.6 cm³/mol. The minimum Gasteiger partial charge on any atom is -0.460 e. The molecule has 2 heterocycles. The molecule has 0 saturated carbocycles. The summed E-state index contributed by atoms with van der Waals surface area (Å²) >= 11 is 1.60. The first-order valence-electron chi connectivity index (χ1n) is 7.67. The van der Waals surface area contributed by atoms with Gasteiger partial charge >= 0.3 is 0 Å². The Bertz CT molecular complexity index is 699. The second-order valence-corrected chi connectivity index (χ2v) is 6.86. The summed E-state index contributed by atoms with van der Waals surface area (Å²) in [6.07, 6.45) is 6.17. The zero-order valence-electron chi connectivity index (χ0n) is 12.9. The number of rotatable bonds is 4. The van der Waals surface area contributed by atoms with Crippen molar-refractivity contribution in [2.45, 2.75) is 39.5 Å². The van der Waals surface area contributed by atoms with Crippen LogP contribution < -0.4 is 5.43 Å². The third kappa shape index (κ3) is 3.30. The largest absolute Gasteiger partial charge is 0.460 e. The van der Waals surface area contributed by atoms with Gasteiger partial charge in [0.15, 0.2) is 0 Å². The van der Waals surface area contributed by atoms with Crippen molar-refractivity contribution in [2.24, 2.45) is 11.0 Å². The lowest BCUT2D eigenvalue weighted by Crippen LogP contribution is -2.16. The van der Waals surface area contributed by atoms with Crippen LogP contribution in [-0.2, 0) is 12.8 Å². The molecule has 1 amide bonds. The molecule has 0 aromatic carbocycles. The molecule has 4 nitrogen and oxygen atoms in total. The fourth-order valence-electron chi connectivity index (χ4n) is 2.79. The smallest absolute Gasteiger partial charge is 0.281 e. The Morgan fingerprint density at radius 2 is 2.41 bits per heavy atom. The van der Waals surface area contributed by atoms with E-state index < -0.39 is 0 Å². The van der Waals surface area contributed by atoms with Crippen molar-refractivity contribution in [1.82, 2.24) is 5.43 Å². The lowest BCUT2D eigenvalue weighted by Gasteiger charge is -2.19. The maximum Gasteiger partial charge on any atom is 0.281 e. The van der Waals surface area contributed by atoms with Crippen molar-refractivity contribution < 1.29 is 9.21 Å². The molecular formula is C17H20N2O2S. The summed E-state index contributed by atoms with van der Waals surface area (Å²) in [6, 6.07) is 5.71. The van der Waals surface area contributed by atoms with E-state index in [-0.39, 0.29) is 5.91 Å². The van der Waals surface area contributed by atoms with E-state index >= 15 is 0 Å². The summed E-state index contributed by atoms with van der Waals surface area (Å²) in [5, 5.41) is 3.96. The topological polar surface area (TPSA) is 54.6 Å². The van der Waals surface area contributed by atoms with Gasteiger partial charge in [-0.1, -0.05) is 13.3 Å². The molecule has 2 aromatic heterocycles. The number of carbonyl (C=O) groups is 1. The molecule has 1 N–H and O–H groups in total. The van der Waals surface area contributed by atoms with Crippen molar-refractivity contribution in [1.29, 1.82) is 0 Å². The summed E-state index contributed by atoms with van der Waals surface area (Å²) < 4.78 is 5.36. The van der Waals surface area contributed by atoms with Crippen LogP contribution in [-0.4, -0.2) is 12.1 Å². The first-order chi connectivity index (χ1) is 10.7. The van der Waals surface area contributed by atoms with Gasteiger partial charge in [-0.3, -0.25) is 4.79 Å². The van der Waals surface area contributed by atoms with E-state index in [0.29, 0.717) is 5.76 Å². The van der Waals surface area contributed by atoms with Crippen LogP contribution in [0.1, 0.15) is 51.4 Å². The molecule has 5 heteroatoms. The number of hydrazone groups is 1. The van der Waals surface area contributed by atoms with E-state index in [1.54, 1.807) is 11.3 Å². The molecule has 0 saturated heterocycles. The van der Waals surface area contributed by atoms with Crippen molar-refractivity contribution >= 4 is 23.5 Å². The van der Waals surface area contributed by atoms with Gasteiger partial charge in [-0.25, -0.2) is 5.43 Å². The van der Waals surface area contributed by atoms with E-state index in [2.05, 4.69) is 17.5 Å². The molecule has 1 aliphatic carbocycles. The van der Waals surface area contributed by atoms with Crippen molar-refractivity contribution in [2.75, 3.05) is 0 Å². The third-order valence-electron chi connectivity index (χ3n) is 4.11. The van der Waals surface area contributed by atoms with Crippen LogP contribution in [0.15, 0.2) is 27.7 Å². The van der Waals surface area contributed by atoms with Gasteiger partial charge in [0.05, 0.1) is 11.1 Å². The number of nitrogens with zero attached hydrogens (tertiary/aromatic N) is 1. The summed E-state index contributed by atoms with van der Waals surface area (Å²) in [5.41, 5.74) is 3.92. The second-order valence-electron chi connectivity index (χ2n) is 5.72. The number of amides is 1. The van der Waals surface area contributed by atoms with E-state index in [4.69, 9.17) is 4.42 Å². The molecule has 116 valence electrons. The minimum absolute atomic E-state index is 0.146. The fourth-order valence-corrected chi connectivity index (χ4v) is 3.89. The fraction of sp³-hybridized carbons (Fsp3) is 0.412. The van der Waals surface area contributed by atoms with E-state index in [0.717, 1.165) is 29.4 Å². The molecule has 0 radical (unpaired) electrons. The van der Waals surface area contributed by atoms with Crippen LogP contribution in [0.2, 0.25) is 0 Å². The molecule has 0 fully saturated rings. The zero-order valence-corrected chi connectivity index (χ0v) is 13.7. The summed E-state index contributed by atoms with van der Waals surface area (Å²) in [4.78, 5) is 14.3. The van der Waals surface area contributed by atoms with E-state index in [1.807, 2.05) is 25.1 Å². The quantitative estimate of drug-likeness (QED) is 0.686. The lowest BCUT2D eigenvalue weighted by atomic mass is 9.87. The van der Waals surface area contributed by atoms with Crippen molar-refractivity contribution in [3.63, 3.8) is 0 Å². The SMILES string of the molecule is CC[C@H]1CCc2sc(C(=O)N/N=C\c3ccc(C)o3)cc2C1. The summed E-state index contributed by atoms with van der Waals surface area (Å²) in [7, 11) is 0. The predicted octanol–water partition coefficient (Wildman–Crippen LogP) is 3.93. The standard InChI is InChI=1S/C17H20N2O2S/c1-3-12-5-7-15-13(8-12)9-16(22-15)17(20)19-18-10-14-6-4-11(2)21-14/h4,6,9-10,12H,3,5,7-8H2,1-2H3,(H,19,20)/b18-10-/t12-/m0/s1. The molecule has 22 heavy (non-hydrogen) atoms. The van der Waals surface area contributed by atoms with Crippen molar-refractivity contribution in [3.8, 4) is 0 Å². The average molecular weight is 316 g/mol. The molecule has 1 atom stereocenters. The number of furan rings is 1. The molecule has 0 bridgehead atoms. The average Bonchev–Trinajstić information content (AvgIpc) is 3.12. The molecule has 3 rings (SSSR count). The Labute approximate surface area is 134 Å². The highest BCUT2D eigenvalue weighted by atomic mass is 32.1. The van der Waals surface area contributed by atoms with Crippen molar-refractivity contribution in [3.05, 3.63) is 45.0 Å². The van der Waals surface area contributed by atoms with Crippen LogP contribution in [0.4, 0.5) is 0 Å². The number of hydrogen-bond acceptors (Lipinski definition) is 4. The van der Waals surface area contributed by atoms with Gasteiger partial charge in [0.1, 0.15) is 11.5 Å². The molecule has 2 aromatic rings. The third-order valence-corrected chi connectivity index (χ3v) is 5.34. The van der Waals surface area contributed by atoms with Crippen LogP contribution in [0, 0.1) is 12.8 Å².